The zero-order valence-electron chi connectivity index (χ0n) is 8.82. The van der Waals surface area contributed by atoms with Crippen molar-refractivity contribution in [2.45, 2.75) is 6.92 Å². The van der Waals surface area contributed by atoms with Crippen LogP contribution in [0.4, 0.5) is 0 Å². The molecule has 0 spiro atoms. The van der Waals surface area contributed by atoms with E-state index < -0.39 is 0 Å². The quantitative estimate of drug-likeness (QED) is 0.755. The molecule has 0 saturated carbocycles. The van der Waals surface area contributed by atoms with E-state index in [1.165, 1.54) is 5.56 Å². The Morgan fingerprint density at radius 1 is 1.19 bits per heavy atom. The molecule has 0 fully saturated rings. The number of nitrogens with zero attached hydrogens (tertiary/aromatic N) is 1. The smallest absolute Gasteiger partial charge is 0.121 e. The van der Waals surface area contributed by atoms with Crippen LogP contribution in [0.15, 0.2) is 36.4 Å². The SMILES string of the molecule is Cc1ccccc1-c1ccc(C#N)c(=S)[nH]1. The molecule has 3 heteroatoms. The van der Waals surface area contributed by atoms with Crippen LogP contribution >= 0.6 is 12.2 Å². The highest BCUT2D eigenvalue weighted by Crippen LogP contribution is 2.21. The third-order valence-electron chi connectivity index (χ3n) is 2.47. The van der Waals surface area contributed by atoms with Crippen molar-refractivity contribution in [3.63, 3.8) is 0 Å². The molecule has 1 aromatic heterocycles. The molecule has 2 aromatic rings. The number of H-pyrrole nitrogens is 1. The van der Waals surface area contributed by atoms with E-state index in [2.05, 4.69) is 11.1 Å². The van der Waals surface area contributed by atoms with Gasteiger partial charge in [-0.25, -0.2) is 0 Å². The zero-order valence-corrected chi connectivity index (χ0v) is 9.64. The Bertz CT molecular complexity index is 620. The molecular weight excluding hydrogens is 216 g/mol. The third kappa shape index (κ3) is 1.88. The molecule has 0 saturated heterocycles. The van der Waals surface area contributed by atoms with Crippen molar-refractivity contribution in [2.24, 2.45) is 0 Å². The second-order valence-corrected chi connectivity index (χ2v) is 3.95. The van der Waals surface area contributed by atoms with Gasteiger partial charge in [0.2, 0.25) is 0 Å². The maximum atomic E-state index is 8.80. The molecule has 2 nitrogen and oxygen atoms in total. The second-order valence-electron chi connectivity index (χ2n) is 3.54. The summed E-state index contributed by atoms with van der Waals surface area (Å²) in [5.41, 5.74) is 3.74. The fraction of sp³-hybridized carbons (Fsp3) is 0.0769. The minimum absolute atomic E-state index is 0.489. The van der Waals surface area contributed by atoms with E-state index >= 15 is 0 Å². The van der Waals surface area contributed by atoms with Crippen molar-refractivity contribution >= 4 is 12.2 Å². The lowest BCUT2D eigenvalue weighted by atomic mass is 10.1. The summed E-state index contributed by atoms with van der Waals surface area (Å²) < 4.78 is 0.489. The van der Waals surface area contributed by atoms with E-state index in [1.807, 2.05) is 37.3 Å². The van der Waals surface area contributed by atoms with E-state index in [1.54, 1.807) is 6.07 Å². The average molecular weight is 226 g/mol. The highest BCUT2D eigenvalue weighted by atomic mass is 32.1. The topological polar surface area (TPSA) is 39.6 Å². The lowest BCUT2D eigenvalue weighted by Crippen LogP contribution is -1.89. The summed E-state index contributed by atoms with van der Waals surface area (Å²) in [5, 5.41) is 8.80. The van der Waals surface area contributed by atoms with Gasteiger partial charge < -0.3 is 4.98 Å². The Kier molecular flexibility index (Phi) is 2.84. The van der Waals surface area contributed by atoms with Crippen LogP contribution in [0, 0.1) is 22.9 Å². The molecule has 0 aliphatic carbocycles. The molecular formula is C13H10N2S. The molecule has 0 unspecified atom stereocenters. The Balaban J connectivity index is 2.60. The minimum atomic E-state index is 0.489. The number of benzene rings is 1. The maximum Gasteiger partial charge on any atom is 0.121 e. The second kappa shape index (κ2) is 4.30. The lowest BCUT2D eigenvalue weighted by Gasteiger charge is -2.05. The summed E-state index contributed by atoms with van der Waals surface area (Å²) in [6.45, 7) is 2.05. The number of nitrogens with one attached hydrogen (secondary N) is 1. The fourth-order valence-corrected chi connectivity index (χ4v) is 1.82. The summed E-state index contributed by atoms with van der Waals surface area (Å²) >= 11 is 5.10. The van der Waals surface area contributed by atoms with Crippen LogP contribution in [0.1, 0.15) is 11.1 Å². The first-order valence-corrected chi connectivity index (χ1v) is 5.32. The van der Waals surface area contributed by atoms with Gasteiger partial charge in [-0.2, -0.15) is 5.26 Å². The van der Waals surface area contributed by atoms with Gasteiger partial charge in [-0.3, -0.25) is 0 Å². The van der Waals surface area contributed by atoms with Crippen LogP contribution in [0.2, 0.25) is 0 Å². The van der Waals surface area contributed by atoms with Crippen molar-refractivity contribution in [1.82, 2.24) is 4.98 Å². The number of rotatable bonds is 1. The fourth-order valence-electron chi connectivity index (χ4n) is 1.59. The van der Waals surface area contributed by atoms with Crippen molar-refractivity contribution in [2.75, 3.05) is 0 Å². The Labute approximate surface area is 99.2 Å². The number of hydrogen-bond donors (Lipinski definition) is 1. The average Bonchev–Trinajstić information content (AvgIpc) is 2.29. The zero-order chi connectivity index (χ0) is 11.5. The number of aromatic amines is 1. The van der Waals surface area contributed by atoms with E-state index in [-0.39, 0.29) is 0 Å². The first-order valence-electron chi connectivity index (χ1n) is 4.92. The highest BCUT2D eigenvalue weighted by molar-refractivity contribution is 7.71. The van der Waals surface area contributed by atoms with Crippen LogP contribution in [0.5, 0.6) is 0 Å². The summed E-state index contributed by atoms with van der Waals surface area (Å²) in [4.78, 5) is 3.08. The molecule has 16 heavy (non-hydrogen) atoms. The van der Waals surface area contributed by atoms with Gasteiger partial charge in [-0.1, -0.05) is 36.5 Å². The number of aryl methyl sites for hydroxylation is 1. The summed E-state index contributed by atoms with van der Waals surface area (Å²) in [7, 11) is 0. The van der Waals surface area contributed by atoms with Crippen LogP contribution in [0.25, 0.3) is 11.3 Å². The first-order chi connectivity index (χ1) is 7.72. The predicted octanol–water partition coefficient (Wildman–Crippen LogP) is 3.59. The maximum absolute atomic E-state index is 8.80. The van der Waals surface area contributed by atoms with Gasteiger partial charge >= 0.3 is 0 Å². The van der Waals surface area contributed by atoms with E-state index in [4.69, 9.17) is 17.5 Å². The molecule has 0 atom stereocenters. The van der Waals surface area contributed by atoms with Gasteiger partial charge in [-0.05, 0) is 24.6 Å². The van der Waals surface area contributed by atoms with Crippen molar-refractivity contribution in [3.05, 3.63) is 52.2 Å². The largest absolute Gasteiger partial charge is 0.345 e. The van der Waals surface area contributed by atoms with Gasteiger partial charge in [-0.15, -0.1) is 0 Å². The van der Waals surface area contributed by atoms with Crippen LogP contribution in [-0.4, -0.2) is 4.98 Å². The van der Waals surface area contributed by atoms with Crippen LogP contribution in [-0.2, 0) is 0 Å². The number of hydrogen-bond acceptors (Lipinski definition) is 2. The molecule has 2 rings (SSSR count). The van der Waals surface area contributed by atoms with Gasteiger partial charge in [0.05, 0.1) is 5.56 Å². The summed E-state index contributed by atoms with van der Waals surface area (Å²) in [5.74, 6) is 0. The monoisotopic (exact) mass is 226 g/mol. The first kappa shape index (κ1) is 10.6. The van der Waals surface area contributed by atoms with Crippen LogP contribution < -0.4 is 0 Å². The standard InChI is InChI=1S/C13H10N2S/c1-9-4-2-3-5-11(9)12-7-6-10(8-14)13(16)15-12/h2-7H,1H3,(H,15,16). The number of aromatic nitrogens is 1. The third-order valence-corrected chi connectivity index (χ3v) is 2.79. The van der Waals surface area contributed by atoms with Gasteiger partial charge in [0.25, 0.3) is 0 Å². The molecule has 1 heterocycles. The molecule has 1 aromatic carbocycles. The molecule has 0 aliphatic heterocycles. The minimum Gasteiger partial charge on any atom is -0.345 e. The van der Waals surface area contributed by atoms with Crippen molar-refractivity contribution < 1.29 is 0 Å². The van der Waals surface area contributed by atoms with E-state index in [0.717, 1.165) is 11.3 Å². The number of nitriles is 1. The highest BCUT2D eigenvalue weighted by Gasteiger charge is 2.02. The van der Waals surface area contributed by atoms with Crippen molar-refractivity contribution in [3.8, 4) is 17.3 Å². The summed E-state index contributed by atoms with van der Waals surface area (Å²) in [6.07, 6.45) is 0. The Morgan fingerprint density at radius 2 is 1.94 bits per heavy atom. The normalized spacial score (nSPS) is 9.75. The molecule has 0 radical (unpaired) electrons. The molecule has 0 aliphatic rings. The molecule has 78 valence electrons. The summed E-state index contributed by atoms with van der Waals surface area (Å²) in [6, 6.07) is 13.7. The van der Waals surface area contributed by atoms with E-state index in [0.29, 0.717) is 10.2 Å². The van der Waals surface area contributed by atoms with Gasteiger partial charge in [0, 0.05) is 11.3 Å². The predicted molar refractivity (Wildman–Crippen MR) is 66.5 cm³/mol. The van der Waals surface area contributed by atoms with Gasteiger partial charge in [0.15, 0.2) is 0 Å². The molecule has 0 bridgehead atoms. The Hall–Kier alpha value is -1.92. The lowest BCUT2D eigenvalue weighted by molar-refractivity contribution is 1.26. The Morgan fingerprint density at radius 3 is 2.56 bits per heavy atom. The van der Waals surface area contributed by atoms with Gasteiger partial charge in [0.1, 0.15) is 10.7 Å². The molecule has 1 N–H and O–H groups in total. The van der Waals surface area contributed by atoms with Crippen molar-refractivity contribution in [1.29, 1.82) is 5.26 Å². The number of pyridine rings is 1. The van der Waals surface area contributed by atoms with Crippen LogP contribution in [0.3, 0.4) is 0 Å². The van der Waals surface area contributed by atoms with E-state index in [9.17, 15) is 0 Å². The molecule has 0 amide bonds.